The van der Waals surface area contributed by atoms with Crippen LogP contribution in [0.3, 0.4) is 0 Å². The van der Waals surface area contributed by atoms with Crippen LogP contribution in [0.2, 0.25) is 0 Å². The minimum Gasteiger partial charge on any atom is -0.396 e. The molecule has 2 N–H and O–H groups in total. The first kappa shape index (κ1) is 18.6. The summed E-state index contributed by atoms with van der Waals surface area (Å²) >= 11 is 0. The normalized spacial score (nSPS) is 15.7. The molecule has 0 radical (unpaired) electrons. The fraction of sp³-hybridized carbons (Fsp3) is 0.455. The summed E-state index contributed by atoms with van der Waals surface area (Å²) in [5, 5.41) is 12.5. The molecule has 2 aromatic rings. The number of hydrogen-bond donors (Lipinski definition) is 2. The van der Waals surface area contributed by atoms with Gasteiger partial charge in [-0.15, -0.1) is 0 Å². The first-order chi connectivity index (χ1) is 12.6. The van der Waals surface area contributed by atoms with Crippen LogP contribution in [0, 0.1) is 0 Å². The van der Waals surface area contributed by atoms with E-state index in [4.69, 9.17) is 5.11 Å². The first-order valence-electron chi connectivity index (χ1n) is 9.60. The van der Waals surface area contributed by atoms with Gasteiger partial charge in [0.25, 0.3) is 0 Å². The number of aryl methyl sites for hydroxylation is 1. The maximum Gasteiger partial charge on any atom is 0.125 e. The molecule has 1 atom stereocenters. The standard InChI is InChI=1S/C22H31N3O/c1-24(2)19-12-10-18(11-13-19)22-23-20-14-9-17(16-21(20)25(22)3)8-6-4-5-7-15-26/h9-14,16,22-23,26H,4-8,15H2,1-3H3. The van der Waals surface area contributed by atoms with Crippen molar-refractivity contribution < 1.29 is 5.11 Å². The molecule has 0 aromatic heterocycles. The molecule has 140 valence electrons. The third kappa shape index (κ3) is 4.13. The van der Waals surface area contributed by atoms with Gasteiger partial charge < -0.3 is 20.2 Å². The van der Waals surface area contributed by atoms with E-state index in [1.165, 1.54) is 41.0 Å². The molecule has 0 saturated heterocycles. The van der Waals surface area contributed by atoms with E-state index >= 15 is 0 Å². The summed E-state index contributed by atoms with van der Waals surface area (Å²) in [7, 11) is 6.29. The zero-order valence-electron chi connectivity index (χ0n) is 16.2. The van der Waals surface area contributed by atoms with Crippen molar-refractivity contribution in [2.24, 2.45) is 0 Å². The molecule has 0 fully saturated rings. The summed E-state index contributed by atoms with van der Waals surface area (Å²) in [6.07, 6.45) is 5.70. The van der Waals surface area contributed by atoms with E-state index in [9.17, 15) is 0 Å². The van der Waals surface area contributed by atoms with Crippen LogP contribution in [0.5, 0.6) is 0 Å². The van der Waals surface area contributed by atoms with Crippen molar-refractivity contribution >= 4 is 17.1 Å². The van der Waals surface area contributed by atoms with Crippen molar-refractivity contribution in [3.8, 4) is 0 Å². The predicted molar refractivity (Wildman–Crippen MR) is 111 cm³/mol. The van der Waals surface area contributed by atoms with Crippen molar-refractivity contribution in [3.63, 3.8) is 0 Å². The molecule has 2 aromatic carbocycles. The Hall–Kier alpha value is -2.20. The van der Waals surface area contributed by atoms with Crippen molar-refractivity contribution in [2.75, 3.05) is 42.9 Å². The Morgan fingerprint density at radius 2 is 1.73 bits per heavy atom. The number of fused-ring (bicyclic) bond motifs is 1. The van der Waals surface area contributed by atoms with Gasteiger partial charge in [-0.2, -0.15) is 0 Å². The van der Waals surface area contributed by atoms with Gasteiger partial charge in [-0.1, -0.05) is 31.0 Å². The maximum absolute atomic E-state index is 8.86. The monoisotopic (exact) mass is 353 g/mol. The Morgan fingerprint density at radius 1 is 1.00 bits per heavy atom. The second-order valence-electron chi connectivity index (χ2n) is 7.38. The quantitative estimate of drug-likeness (QED) is 0.690. The van der Waals surface area contributed by atoms with E-state index in [-0.39, 0.29) is 6.17 Å². The van der Waals surface area contributed by atoms with Gasteiger partial charge in [0, 0.05) is 33.4 Å². The number of rotatable bonds is 8. The lowest BCUT2D eigenvalue weighted by Gasteiger charge is -2.23. The molecule has 1 aliphatic heterocycles. The molecule has 26 heavy (non-hydrogen) atoms. The van der Waals surface area contributed by atoms with Crippen LogP contribution in [0.1, 0.15) is 43.0 Å². The van der Waals surface area contributed by atoms with Crippen molar-refractivity contribution in [2.45, 2.75) is 38.3 Å². The fourth-order valence-corrected chi connectivity index (χ4v) is 3.59. The number of nitrogens with one attached hydrogen (secondary N) is 1. The van der Waals surface area contributed by atoms with Gasteiger partial charge in [0.1, 0.15) is 6.17 Å². The number of hydrogen-bond acceptors (Lipinski definition) is 4. The van der Waals surface area contributed by atoms with E-state index in [0.717, 1.165) is 19.3 Å². The molecule has 1 unspecified atom stereocenters. The number of nitrogens with zero attached hydrogens (tertiary/aromatic N) is 2. The van der Waals surface area contributed by atoms with Crippen molar-refractivity contribution in [1.29, 1.82) is 0 Å². The van der Waals surface area contributed by atoms with E-state index < -0.39 is 0 Å². The highest BCUT2D eigenvalue weighted by atomic mass is 16.2. The average molecular weight is 354 g/mol. The number of benzene rings is 2. The van der Waals surface area contributed by atoms with E-state index in [2.05, 4.69) is 78.7 Å². The summed E-state index contributed by atoms with van der Waals surface area (Å²) in [4.78, 5) is 4.45. The van der Waals surface area contributed by atoms with Gasteiger partial charge in [-0.25, -0.2) is 0 Å². The lowest BCUT2D eigenvalue weighted by Crippen LogP contribution is -2.23. The zero-order chi connectivity index (χ0) is 18.5. The average Bonchev–Trinajstić information content (AvgIpc) is 2.98. The zero-order valence-corrected chi connectivity index (χ0v) is 16.2. The van der Waals surface area contributed by atoms with Gasteiger partial charge in [0.15, 0.2) is 0 Å². The minimum atomic E-state index is 0.181. The van der Waals surface area contributed by atoms with Gasteiger partial charge in [0.2, 0.25) is 0 Å². The summed E-state index contributed by atoms with van der Waals surface area (Å²) in [5.41, 5.74) is 6.37. The van der Waals surface area contributed by atoms with Gasteiger partial charge in [-0.05, 0) is 54.7 Å². The summed E-state index contributed by atoms with van der Waals surface area (Å²) in [5.74, 6) is 0. The summed E-state index contributed by atoms with van der Waals surface area (Å²) in [6, 6.07) is 15.5. The summed E-state index contributed by atoms with van der Waals surface area (Å²) < 4.78 is 0. The topological polar surface area (TPSA) is 38.7 Å². The van der Waals surface area contributed by atoms with Gasteiger partial charge >= 0.3 is 0 Å². The minimum absolute atomic E-state index is 0.181. The lowest BCUT2D eigenvalue weighted by molar-refractivity contribution is 0.282. The predicted octanol–water partition coefficient (Wildman–Crippen LogP) is 4.41. The van der Waals surface area contributed by atoms with Crippen LogP contribution in [-0.2, 0) is 6.42 Å². The Kier molecular flexibility index (Phi) is 6.04. The Bertz CT molecular complexity index is 712. The molecule has 4 nitrogen and oxygen atoms in total. The number of anilines is 3. The molecule has 1 aliphatic rings. The SMILES string of the molecule is CN(C)c1ccc(C2Nc3ccc(CCCCCCO)cc3N2C)cc1. The van der Waals surface area contributed by atoms with Crippen LogP contribution in [0.4, 0.5) is 17.1 Å². The van der Waals surface area contributed by atoms with Crippen LogP contribution < -0.4 is 15.1 Å². The van der Waals surface area contributed by atoms with Crippen LogP contribution in [-0.4, -0.2) is 32.9 Å². The Morgan fingerprint density at radius 3 is 2.42 bits per heavy atom. The molecule has 0 spiro atoms. The molecule has 1 heterocycles. The molecular weight excluding hydrogens is 322 g/mol. The highest BCUT2D eigenvalue weighted by Gasteiger charge is 2.27. The third-order valence-corrected chi connectivity index (χ3v) is 5.22. The second-order valence-corrected chi connectivity index (χ2v) is 7.38. The van der Waals surface area contributed by atoms with Crippen LogP contribution in [0.25, 0.3) is 0 Å². The van der Waals surface area contributed by atoms with Crippen molar-refractivity contribution in [3.05, 3.63) is 53.6 Å². The third-order valence-electron chi connectivity index (χ3n) is 5.22. The van der Waals surface area contributed by atoms with E-state index in [1.807, 2.05) is 0 Å². The Labute approximate surface area is 157 Å². The smallest absolute Gasteiger partial charge is 0.125 e. The summed E-state index contributed by atoms with van der Waals surface area (Å²) in [6.45, 7) is 0.312. The molecule has 3 rings (SSSR count). The van der Waals surface area contributed by atoms with Crippen LogP contribution in [0.15, 0.2) is 42.5 Å². The molecular formula is C22H31N3O. The number of aliphatic hydroxyl groups excluding tert-OH is 1. The molecule has 0 amide bonds. The molecule has 4 heteroatoms. The molecule has 0 aliphatic carbocycles. The van der Waals surface area contributed by atoms with Crippen LogP contribution >= 0.6 is 0 Å². The highest BCUT2D eigenvalue weighted by Crippen LogP contribution is 2.40. The van der Waals surface area contributed by atoms with Crippen molar-refractivity contribution in [1.82, 2.24) is 0 Å². The molecule has 0 bridgehead atoms. The number of aliphatic hydroxyl groups is 1. The van der Waals surface area contributed by atoms with E-state index in [0.29, 0.717) is 6.61 Å². The maximum atomic E-state index is 8.86. The van der Waals surface area contributed by atoms with E-state index in [1.54, 1.807) is 0 Å². The lowest BCUT2D eigenvalue weighted by atomic mass is 10.0. The van der Waals surface area contributed by atoms with Gasteiger partial charge in [0.05, 0.1) is 11.4 Å². The Balaban J connectivity index is 1.66. The second kappa shape index (κ2) is 8.45. The first-order valence-corrected chi connectivity index (χ1v) is 9.60. The number of unbranched alkanes of at least 4 members (excludes halogenated alkanes) is 3. The fourth-order valence-electron chi connectivity index (χ4n) is 3.59. The van der Waals surface area contributed by atoms with Gasteiger partial charge in [-0.3, -0.25) is 0 Å². The largest absolute Gasteiger partial charge is 0.396 e. The molecule has 0 saturated carbocycles. The highest BCUT2D eigenvalue weighted by molar-refractivity contribution is 5.77.